The summed E-state index contributed by atoms with van der Waals surface area (Å²) in [4.78, 5) is 14.7. The van der Waals surface area contributed by atoms with Crippen molar-refractivity contribution in [1.29, 1.82) is 0 Å². The number of ether oxygens (including phenoxy) is 1. The number of rotatable bonds is 4. The summed E-state index contributed by atoms with van der Waals surface area (Å²) in [5.41, 5.74) is 0.477. The van der Waals surface area contributed by atoms with Gasteiger partial charge in [0.05, 0.1) is 24.7 Å². The van der Waals surface area contributed by atoms with Crippen molar-refractivity contribution in [3.8, 4) is 0 Å². The van der Waals surface area contributed by atoms with E-state index in [2.05, 4.69) is 19.9 Å². The summed E-state index contributed by atoms with van der Waals surface area (Å²) in [6.45, 7) is 4.53. The van der Waals surface area contributed by atoms with Crippen LogP contribution in [0, 0.1) is 6.92 Å². The summed E-state index contributed by atoms with van der Waals surface area (Å²) in [6, 6.07) is 6.57. The first-order valence-corrected chi connectivity index (χ1v) is 9.01. The van der Waals surface area contributed by atoms with E-state index < -0.39 is 9.84 Å². The molecular weight excluding hydrogens is 316 g/mol. The number of nitrogens with zero attached hydrogens (tertiary/aromatic N) is 4. The molecule has 0 radical (unpaired) electrons. The van der Waals surface area contributed by atoms with Gasteiger partial charge in [0.25, 0.3) is 0 Å². The lowest BCUT2D eigenvalue weighted by Crippen LogP contribution is -2.37. The van der Waals surface area contributed by atoms with Crippen LogP contribution < -0.4 is 4.90 Å². The number of anilines is 1. The van der Waals surface area contributed by atoms with E-state index in [4.69, 9.17) is 4.74 Å². The molecule has 1 aliphatic heterocycles. The van der Waals surface area contributed by atoms with E-state index in [9.17, 15) is 8.42 Å². The molecule has 7 nitrogen and oxygen atoms in total. The third-order valence-corrected chi connectivity index (χ3v) is 5.06. The Balaban J connectivity index is 1.87. The van der Waals surface area contributed by atoms with Gasteiger partial charge in [-0.25, -0.2) is 23.4 Å². The van der Waals surface area contributed by atoms with Crippen molar-refractivity contribution in [3.63, 3.8) is 0 Å². The van der Waals surface area contributed by atoms with Crippen LogP contribution in [-0.2, 0) is 20.3 Å². The lowest BCUT2D eigenvalue weighted by Gasteiger charge is -2.28. The third-order valence-electron chi connectivity index (χ3n) is 3.51. The Kier molecular flexibility index (Phi) is 4.53. The van der Waals surface area contributed by atoms with Crippen LogP contribution >= 0.6 is 0 Å². The molecule has 1 fully saturated rings. The molecule has 0 aromatic carbocycles. The van der Waals surface area contributed by atoms with Crippen molar-refractivity contribution in [2.24, 2.45) is 0 Å². The first-order chi connectivity index (χ1) is 11.0. The molecule has 0 aliphatic carbocycles. The largest absolute Gasteiger partial charge is 0.378 e. The van der Waals surface area contributed by atoms with Gasteiger partial charge in [0.15, 0.2) is 5.03 Å². The summed E-state index contributed by atoms with van der Waals surface area (Å²) in [5, 5.41) is 0.0594. The van der Waals surface area contributed by atoms with Gasteiger partial charge in [-0.15, -0.1) is 0 Å². The molecule has 0 atom stereocenters. The van der Waals surface area contributed by atoms with Gasteiger partial charge in [-0.1, -0.05) is 6.07 Å². The average Bonchev–Trinajstić information content (AvgIpc) is 2.55. The number of hydrogen-bond acceptors (Lipinski definition) is 7. The average molecular weight is 334 g/mol. The number of morpholine rings is 1. The molecule has 3 heterocycles. The van der Waals surface area contributed by atoms with Gasteiger partial charge in [0.1, 0.15) is 11.6 Å². The van der Waals surface area contributed by atoms with E-state index in [0.29, 0.717) is 24.7 Å². The zero-order chi connectivity index (χ0) is 16.3. The molecule has 0 spiro atoms. The number of aryl methyl sites for hydroxylation is 1. The predicted octanol–water partition coefficient (Wildman–Crippen LogP) is 0.991. The molecule has 2 aromatic rings. The first kappa shape index (κ1) is 15.8. The van der Waals surface area contributed by atoms with Crippen molar-refractivity contribution in [2.75, 3.05) is 31.2 Å². The number of pyridine rings is 1. The molecule has 0 bridgehead atoms. The van der Waals surface area contributed by atoms with Gasteiger partial charge in [0, 0.05) is 25.4 Å². The van der Waals surface area contributed by atoms with Gasteiger partial charge in [-0.2, -0.15) is 0 Å². The lowest BCUT2D eigenvalue weighted by atomic mass is 10.3. The second kappa shape index (κ2) is 6.59. The maximum absolute atomic E-state index is 12.4. The minimum absolute atomic E-state index is 0.0594. The highest BCUT2D eigenvalue weighted by molar-refractivity contribution is 7.90. The summed E-state index contributed by atoms with van der Waals surface area (Å²) in [7, 11) is -3.52. The minimum Gasteiger partial charge on any atom is -0.378 e. The van der Waals surface area contributed by atoms with Gasteiger partial charge < -0.3 is 9.64 Å². The van der Waals surface area contributed by atoms with Gasteiger partial charge >= 0.3 is 0 Å². The maximum Gasteiger partial charge on any atom is 0.201 e. The zero-order valence-corrected chi connectivity index (χ0v) is 13.7. The topological polar surface area (TPSA) is 85.3 Å². The minimum atomic E-state index is -3.52. The van der Waals surface area contributed by atoms with Gasteiger partial charge in [-0.3, -0.25) is 0 Å². The van der Waals surface area contributed by atoms with E-state index in [1.807, 2.05) is 0 Å². The van der Waals surface area contributed by atoms with Crippen LogP contribution in [0.2, 0.25) is 0 Å². The van der Waals surface area contributed by atoms with Gasteiger partial charge in [-0.05, 0) is 19.1 Å². The predicted molar refractivity (Wildman–Crippen MR) is 84.9 cm³/mol. The Morgan fingerprint density at radius 1 is 1.22 bits per heavy atom. The summed E-state index contributed by atoms with van der Waals surface area (Å²) in [6.07, 6.45) is 1.47. The second-order valence-electron chi connectivity index (χ2n) is 5.29. The Hall–Kier alpha value is -2.06. The monoisotopic (exact) mass is 334 g/mol. The van der Waals surface area contributed by atoms with Gasteiger partial charge in [0.2, 0.25) is 9.84 Å². The van der Waals surface area contributed by atoms with E-state index >= 15 is 0 Å². The first-order valence-electron chi connectivity index (χ1n) is 7.36. The van der Waals surface area contributed by atoms with Crippen LogP contribution in [0.5, 0.6) is 0 Å². The second-order valence-corrected chi connectivity index (χ2v) is 7.23. The standard InChI is InChI=1S/C15H18N4O3S/c1-12-17-13(10-14(18-12)19-6-8-22-9-7-19)11-23(20,21)15-4-2-3-5-16-15/h2-5,10H,6-9,11H2,1H3. The molecule has 122 valence electrons. The van der Waals surface area contributed by atoms with Crippen molar-refractivity contribution in [3.05, 3.63) is 42.0 Å². The Morgan fingerprint density at radius 2 is 2.00 bits per heavy atom. The summed E-state index contributed by atoms with van der Waals surface area (Å²) >= 11 is 0. The molecule has 8 heteroatoms. The molecule has 0 N–H and O–H groups in total. The van der Waals surface area contributed by atoms with E-state index in [1.165, 1.54) is 12.3 Å². The highest BCUT2D eigenvalue weighted by Gasteiger charge is 2.20. The molecule has 1 saturated heterocycles. The van der Waals surface area contributed by atoms with E-state index in [1.54, 1.807) is 25.1 Å². The number of aromatic nitrogens is 3. The maximum atomic E-state index is 12.4. The summed E-state index contributed by atoms with van der Waals surface area (Å²) < 4.78 is 30.2. The lowest BCUT2D eigenvalue weighted by molar-refractivity contribution is 0.122. The fourth-order valence-electron chi connectivity index (χ4n) is 2.44. The molecule has 1 aliphatic rings. The third kappa shape index (κ3) is 3.83. The fourth-order valence-corrected chi connectivity index (χ4v) is 3.63. The van der Waals surface area contributed by atoms with Crippen molar-refractivity contribution in [1.82, 2.24) is 15.0 Å². The highest BCUT2D eigenvalue weighted by Crippen LogP contribution is 2.18. The number of sulfone groups is 1. The molecule has 3 rings (SSSR count). The van der Waals surface area contributed by atoms with E-state index in [-0.39, 0.29) is 10.8 Å². The molecule has 0 saturated carbocycles. The zero-order valence-electron chi connectivity index (χ0n) is 12.8. The van der Waals surface area contributed by atoms with Crippen molar-refractivity contribution < 1.29 is 13.2 Å². The van der Waals surface area contributed by atoms with Crippen LogP contribution in [0.25, 0.3) is 0 Å². The quantitative estimate of drug-likeness (QED) is 0.824. The van der Waals surface area contributed by atoms with Crippen LogP contribution in [0.3, 0.4) is 0 Å². The molecule has 0 amide bonds. The van der Waals surface area contributed by atoms with Crippen molar-refractivity contribution >= 4 is 15.7 Å². The van der Waals surface area contributed by atoms with Crippen LogP contribution in [0.15, 0.2) is 35.5 Å². The Labute approximate surface area is 135 Å². The molecular formula is C15H18N4O3S. The van der Waals surface area contributed by atoms with Crippen molar-refractivity contribution in [2.45, 2.75) is 17.7 Å². The normalized spacial score (nSPS) is 15.6. The SMILES string of the molecule is Cc1nc(CS(=O)(=O)c2ccccn2)cc(N2CCOCC2)n1. The number of hydrogen-bond donors (Lipinski definition) is 0. The van der Waals surface area contributed by atoms with Crippen LogP contribution in [-0.4, -0.2) is 49.7 Å². The van der Waals surface area contributed by atoms with Crippen LogP contribution in [0.1, 0.15) is 11.5 Å². The smallest absolute Gasteiger partial charge is 0.201 e. The van der Waals surface area contributed by atoms with Crippen LogP contribution in [0.4, 0.5) is 5.82 Å². The molecule has 23 heavy (non-hydrogen) atoms. The Bertz CT molecular complexity index is 775. The van der Waals surface area contributed by atoms with E-state index in [0.717, 1.165) is 18.9 Å². The highest BCUT2D eigenvalue weighted by atomic mass is 32.2. The summed E-state index contributed by atoms with van der Waals surface area (Å²) in [5.74, 6) is 1.11. The Morgan fingerprint density at radius 3 is 2.70 bits per heavy atom. The molecule has 2 aromatic heterocycles. The molecule has 0 unspecified atom stereocenters. The fraction of sp³-hybridized carbons (Fsp3) is 0.400.